The van der Waals surface area contributed by atoms with Crippen molar-refractivity contribution in [3.63, 3.8) is 0 Å². The topological polar surface area (TPSA) is 182 Å². The first-order valence-electron chi connectivity index (χ1n) is 5.76. The van der Waals surface area contributed by atoms with Gasteiger partial charge in [0.2, 0.25) is 0 Å². The molecule has 0 heterocycles. The van der Waals surface area contributed by atoms with Crippen LogP contribution in [0.4, 0.5) is 0 Å². The maximum atomic E-state index is 11.4. The van der Waals surface area contributed by atoms with E-state index in [2.05, 4.69) is 9.47 Å². The van der Waals surface area contributed by atoms with Crippen molar-refractivity contribution in [1.29, 1.82) is 0 Å². The number of carboxylic acids is 2. The van der Waals surface area contributed by atoms with Crippen LogP contribution in [0.15, 0.2) is 0 Å². The van der Waals surface area contributed by atoms with Crippen LogP contribution in [0.1, 0.15) is 19.3 Å². The van der Waals surface area contributed by atoms with Crippen LogP contribution in [-0.4, -0.2) is 65.5 Å². The summed E-state index contributed by atoms with van der Waals surface area (Å²) in [5.74, 6) is -5.31. The molecule has 0 rings (SSSR count). The monoisotopic (exact) mass is 342 g/mol. The molecule has 0 saturated carbocycles. The molecule has 0 spiro atoms. The zero-order valence-electron chi connectivity index (χ0n) is 11.1. The summed E-state index contributed by atoms with van der Waals surface area (Å²) in [5, 5.41) is 14.4. The Balaban J connectivity index is 4.59. The van der Waals surface area contributed by atoms with Crippen molar-refractivity contribution in [3.8, 4) is 0 Å². The van der Waals surface area contributed by atoms with Crippen LogP contribution in [0.25, 0.3) is 0 Å². The molecule has 1 unspecified atom stereocenters. The summed E-state index contributed by atoms with van der Waals surface area (Å²) in [4.78, 5) is 43.1. The number of carboxylic acid groups (broad SMARTS) is 2. The van der Waals surface area contributed by atoms with Crippen molar-refractivity contribution < 1.29 is 51.8 Å². The molecule has 0 aliphatic rings. The second kappa shape index (κ2) is 8.94. The lowest BCUT2D eigenvalue weighted by atomic mass is 10.3. The average molecular weight is 342 g/mol. The lowest BCUT2D eigenvalue weighted by Crippen LogP contribution is -2.35. The zero-order chi connectivity index (χ0) is 17.3. The number of hydrogen-bond acceptors (Lipinski definition) is 8. The van der Waals surface area contributed by atoms with Gasteiger partial charge in [0.15, 0.2) is 5.25 Å². The highest BCUT2D eigenvalue weighted by atomic mass is 32.2. The van der Waals surface area contributed by atoms with Crippen LogP contribution in [0.5, 0.6) is 0 Å². The highest BCUT2D eigenvalue weighted by Gasteiger charge is 2.35. The van der Waals surface area contributed by atoms with Crippen molar-refractivity contribution in [2.45, 2.75) is 24.5 Å². The zero-order valence-corrected chi connectivity index (χ0v) is 11.9. The Morgan fingerprint density at radius 1 is 0.909 bits per heavy atom. The summed E-state index contributed by atoms with van der Waals surface area (Å²) in [5.41, 5.74) is 0. The largest absolute Gasteiger partial charge is 0.481 e. The van der Waals surface area contributed by atoms with Gasteiger partial charge in [-0.25, -0.2) is 0 Å². The molecule has 0 aromatic heterocycles. The minimum absolute atomic E-state index is 0.522. The van der Waals surface area contributed by atoms with Gasteiger partial charge in [-0.2, -0.15) is 8.42 Å². The van der Waals surface area contributed by atoms with Crippen molar-refractivity contribution in [3.05, 3.63) is 0 Å². The Hall–Kier alpha value is -2.21. The highest BCUT2D eigenvalue weighted by Crippen LogP contribution is 2.09. The fourth-order valence-electron chi connectivity index (χ4n) is 1.10. The first kappa shape index (κ1) is 19.8. The molecule has 126 valence electrons. The van der Waals surface area contributed by atoms with Gasteiger partial charge in [0.25, 0.3) is 10.1 Å². The third-order valence-corrected chi connectivity index (χ3v) is 3.19. The second-order valence-corrected chi connectivity index (χ2v) is 5.48. The lowest BCUT2D eigenvalue weighted by molar-refractivity contribution is -0.152. The average Bonchev–Trinajstić information content (AvgIpc) is 2.33. The van der Waals surface area contributed by atoms with Crippen molar-refractivity contribution in [2.24, 2.45) is 0 Å². The molecule has 1 atom stereocenters. The number of aliphatic carboxylic acids is 2. The Morgan fingerprint density at radius 2 is 1.36 bits per heavy atom. The predicted molar refractivity (Wildman–Crippen MR) is 66.4 cm³/mol. The molecule has 0 aliphatic carbocycles. The summed E-state index contributed by atoms with van der Waals surface area (Å²) in [6.07, 6.45) is -2.21. The number of ether oxygens (including phenoxy) is 2. The molecule has 11 nitrogen and oxygen atoms in total. The molecule has 0 fully saturated rings. The van der Waals surface area contributed by atoms with Gasteiger partial charge >= 0.3 is 23.9 Å². The summed E-state index contributed by atoms with van der Waals surface area (Å²) in [6.45, 7) is -1.19. The van der Waals surface area contributed by atoms with E-state index in [1.165, 1.54) is 0 Å². The van der Waals surface area contributed by atoms with Gasteiger partial charge in [0.05, 0.1) is 19.3 Å². The third-order valence-electron chi connectivity index (χ3n) is 2.11. The molecule has 22 heavy (non-hydrogen) atoms. The summed E-state index contributed by atoms with van der Waals surface area (Å²) < 4.78 is 39.6. The van der Waals surface area contributed by atoms with Crippen LogP contribution < -0.4 is 0 Å². The first-order valence-corrected chi connectivity index (χ1v) is 7.26. The maximum absolute atomic E-state index is 11.4. The predicted octanol–water partition coefficient (Wildman–Crippen LogP) is -1.33. The number of rotatable bonds is 10. The van der Waals surface area contributed by atoms with Crippen molar-refractivity contribution in [1.82, 2.24) is 0 Å². The Labute approximate surface area is 124 Å². The summed E-state index contributed by atoms with van der Waals surface area (Å²) in [7, 11) is -4.99. The minimum atomic E-state index is -4.99. The van der Waals surface area contributed by atoms with Gasteiger partial charge in [0, 0.05) is 0 Å². The summed E-state index contributed by atoms with van der Waals surface area (Å²) >= 11 is 0. The molecule has 12 heteroatoms. The SMILES string of the molecule is O=C(O)CCOC(=O)CC(C(=O)OCCC(=O)O)S(=O)(=O)O. The number of carbonyl (C=O) groups is 4. The number of esters is 2. The standard InChI is InChI=1S/C10H14O11S/c11-7(12)1-3-20-9(15)5-6(22(17,18)19)10(16)21-4-2-8(13)14/h6H,1-5H2,(H,11,12)(H,13,14)(H,17,18,19). The molecule has 0 bridgehead atoms. The second-order valence-electron chi connectivity index (χ2n) is 3.88. The molecule has 0 amide bonds. The van der Waals surface area contributed by atoms with E-state index in [-0.39, 0.29) is 0 Å². The van der Waals surface area contributed by atoms with Gasteiger partial charge in [-0.1, -0.05) is 0 Å². The lowest BCUT2D eigenvalue weighted by Gasteiger charge is -2.12. The van der Waals surface area contributed by atoms with Crippen LogP contribution >= 0.6 is 0 Å². The fraction of sp³-hybridized carbons (Fsp3) is 0.600. The highest BCUT2D eigenvalue weighted by molar-refractivity contribution is 7.87. The van der Waals surface area contributed by atoms with E-state index in [9.17, 15) is 27.6 Å². The summed E-state index contributed by atoms with van der Waals surface area (Å²) in [6, 6.07) is 0. The molecule has 0 aromatic rings. The van der Waals surface area contributed by atoms with E-state index < -0.39 is 71.7 Å². The van der Waals surface area contributed by atoms with Crippen molar-refractivity contribution >= 4 is 34.0 Å². The first-order chi connectivity index (χ1) is 10.0. The van der Waals surface area contributed by atoms with E-state index in [1.807, 2.05) is 0 Å². The van der Waals surface area contributed by atoms with Crippen molar-refractivity contribution in [2.75, 3.05) is 13.2 Å². The Kier molecular flexibility index (Phi) is 8.04. The van der Waals surface area contributed by atoms with E-state index >= 15 is 0 Å². The molecule has 0 aromatic carbocycles. The molecule has 0 radical (unpaired) electrons. The molecular weight excluding hydrogens is 328 g/mol. The van der Waals surface area contributed by atoms with Gasteiger partial charge in [-0.15, -0.1) is 0 Å². The quantitative estimate of drug-likeness (QED) is 0.316. The van der Waals surface area contributed by atoms with Gasteiger partial charge in [-0.3, -0.25) is 23.7 Å². The maximum Gasteiger partial charge on any atom is 0.327 e. The van der Waals surface area contributed by atoms with Crippen LogP contribution in [0.3, 0.4) is 0 Å². The molecule has 0 aliphatic heterocycles. The van der Waals surface area contributed by atoms with Crippen LogP contribution in [-0.2, 0) is 38.8 Å². The Morgan fingerprint density at radius 3 is 1.77 bits per heavy atom. The minimum Gasteiger partial charge on any atom is -0.481 e. The van der Waals surface area contributed by atoms with E-state index in [0.717, 1.165) is 0 Å². The molecular formula is C10H14O11S. The normalized spacial score (nSPS) is 12.2. The number of hydrogen-bond donors (Lipinski definition) is 3. The van der Waals surface area contributed by atoms with Crippen LogP contribution in [0.2, 0.25) is 0 Å². The van der Waals surface area contributed by atoms with Crippen LogP contribution in [0, 0.1) is 0 Å². The van der Waals surface area contributed by atoms with E-state index in [4.69, 9.17) is 14.8 Å². The molecule has 3 N–H and O–H groups in total. The fourth-order valence-corrected chi connectivity index (χ4v) is 1.76. The Bertz CT molecular complexity index is 535. The van der Waals surface area contributed by atoms with Gasteiger partial charge in [0.1, 0.15) is 13.2 Å². The third kappa shape index (κ3) is 8.86. The number of carbonyl (C=O) groups excluding carboxylic acids is 2. The van der Waals surface area contributed by atoms with E-state index in [1.54, 1.807) is 0 Å². The van der Waals surface area contributed by atoms with Gasteiger partial charge in [-0.05, 0) is 0 Å². The van der Waals surface area contributed by atoms with E-state index in [0.29, 0.717) is 0 Å². The smallest absolute Gasteiger partial charge is 0.327 e. The molecule has 0 saturated heterocycles. The van der Waals surface area contributed by atoms with Gasteiger partial charge < -0.3 is 19.7 Å².